The van der Waals surface area contributed by atoms with Crippen molar-refractivity contribution in [1.82, 2.24) is 0 Å². The minimum absolute atomic E-state index is 1.15. The smallest absolute Gasteiger partial charge is 0.0546 e. The molecule has 8 aromatic rings. The lowest BCUT2D eigenvalue weighted by Gasteiger charge is -2.28. The molecule has 0 fully saturated rings. The molecule has 0 atom stereocenters. The summed E-state index contributed by atoms with van der Waals surface area (Å²) in [4.78, 5) is 2.44. The van der Waals surface area contributed by atoms with E-state index in [1.807, 2.05) is 0 Å². The highest BCUT2D eigenvalue weighted by atomic mass is 15.1. The molecular formula is C42H27N. The molecule has 1 heteroatoms. The summed E-state index contributed by atoms with van der Waals surface area (Å²) in [5.74, 6) is 0. The van der Waals surface area contributed by atoms with Gasteiger partial charge in [0.2, 0.25) is 0 Å². The summed E-state index contributed by atoms with van der Waals surface area (Å²) in [6.07, 6.45) is 0. The van der Waals surface area contributed by atoms with Gasteiger partial charge in [-0.15, -0.1) is 0 Å². The lowest BCUT2D eigenvalue weighted by atomic mass is 9.85. The molecule has 1 aliphatic heterocycles. The fraction of sp³-hybridized carbons (Fsp3) is 0. The number of rotatable bonds is 2. The molecular weight excluding hydrogens is 518 g/mol. The Labute approximate surface area is 250 Å². The Kier molecular flexibility index (Phi) is 5.27. The van der Waals surface area contributed by atoms with E-state index in [4.69, 9.17) is 0 Å². The van der Waals surface area contributed by atoms with E-state index in [0.717, 1.165) is 5.69 Å². The number of hydrogen-bond donors (Lipinski definition) is 0. The van der Waals surface area contributed by atoms with Crippen LogP contribution >= 0.6 is 0 Å². The van der Waals surface area contributed by atoms with Gasteiger partial charge in [0.1, 0.15) is 0 Å². The van der Waals surface area contributed by atoms with Gasteiger partial charge in [-0.05, 0) is 78.8 Å². The Morgan fingerprint density at radius 2 is 0.744 bits per heavy atom. The van der Waals surface area contributed by atoms with Gasteiger partial charge in [0, 0.05) is 16.8 Å². The highest BCUT2D eigenvalue weighted by molar-refractivity contribution is 6.29. The van der Waals surface area contributed by atoms with Crippen LogP contribution < -0.4 is 4.90 Å². The Morgan fingerprint density at radius 3 is 1.49 bits per heavy atom. The monoisotopic (exact) mass is 545 g/mol. The van der Waals surface area contributed by atoms with E-state index in [0.29, 0.717) is 0 Å². The van der Waals surface area contributed by atoms with Crippen molar-refractivity contribution in [2.45, 2.75) is 0 Å². The molecule has 0 N–H and O–H groups in total. The zero-order chi connectivity index (χ0) is 28.3. The van der Waals surface area contributed by atoms with Crippen LogP contribution in [0.5, 0.6) is 0 Å². The van der Waals surface area contributed by atoms with Crippen molar-refractivity contribution in [3.05, 3.63) is 164 Å². The van der Waals surface area contributed by atoms with Crippen molar-refractivity contribution in [3.63, 3.8) is 0 Å². The molecule has 0 radical (unpaired) electrons. The number of nitrogens with zero attached hydrogens (tertiary/aromatic N) is 1. The third-order valence-corrected chi connectivity index (χ3v) is 8.99. The van der Waals surface area contributed by atoms with Crippen molar-refractivity contribution < 1.29 is 0 Å². The van der Waals surface area contributed by atoms with E-state index in [9.17, 15) is 0 Å². The predicted molar refractivity (Wildman–Crippen MR) is 184 cm³/mol. The van der Waals surface area contributed by atoms with Crippen LogP contribution in [0.15, 0.2) is 164 Å². The molecule has 1 nitrogen and oxygen atoms in total. The number of anilines is 3. The maximum atomic E-state index is 2.44. The molecule has 9 rings (SSSR count). The van der Waals surface area contributed by atoms with Gasteiger partial charge in [-0.2, -0.15) is 0 Å². The van der Waals surface area contributed by atoms with E-state index in [1.54, 1.807) is 0 Å². The van der Waals surface area contributed by atoms with Gasteiger partial charge in [0.05, 0.1) is 11.4 Å². The minimum Gasteiger partial charge on any atom is -0.309 e. The third kappa shape index (κ3) is 3.52. The molecule has 0 amide bonds. The molecule has 1 aliphatic rings. The number of para-hydroxylation sites is 2. The van der Waals surface area contributed by atoms with E-state index < -0.39 is 0 Å². The fourth-order valence-electron chi connectivity index (χ4n) is 7.23. The predicted octanol–water partition coefficient (Wildman–Crippen LogP) is 11.9. The summed E-state index contributed by atoms with van der Waals surface area (Å²) in [7, 11) is 0. The standard InChI is InChI=1S/C42H27N/c1-2-14-28(15-3-1)43-39-26-11-10-20-33(39)32-19-7-9-22-36(32)42-38(25-13-27-40(42)43)37-24-12-23-35-31-17-5-4-16-29(31)30-18-6-8-21-34(30)41(35)37/h1-27H. The Hall–Kier alpha value is -5.66. The lowest BCUT2D eigenvalue weighted by molar-refractivity contribution is 1.30. The van der Waals surface area contributed by atoms with Gasteiger partial charge in [-0.3, -0.25) is 0 Å². The molecule has 8 aromatic carbocycles. The molecule has 43 heavy (non-hydrogen) atoms. The minimum atomic E-state index is 1.15. The number of hydrogen-bond acceptors (Lipinski definition) is 1. The normalized spacial score (nSPS) is 12.1. The Morgan fingerprint density at radius 1 is 0.279 bits per heavy atom. The summed E-state index contributed by atoms with van der Waals surface area (Å²) >= 11 is 0. The third-order valence-electron chi connectivity index (χ3n) is 8.99. The molecule has 200 valence electrons. The van der Waals surface area contributed by atoms with E-state index in [2.05, 4.69) is 169 Å². The van der Waals surface area contributed by atoms with Crippen molar-refractivity contribution in [2.75, 3.05) is 4.90 Å². The van der Waals surface area contributed by atoms with Gasteiger partial charge in [-0.1, -0.05) is 140 Å². The van der Waals surface area contributed by atoms with Crippen molar-refractivity contribution in [3.8, 4) is 33.4 Å². The second kappa shape index (κ2) is 9.44. The summed E-state index contributed by atoms with van der Waals surface area (Å²) in [6.45, 7) is 0. The summed E-state index contributed by atoms with van der Waals surface area (Å²) in [5, 5.41) is 7.75. The summed E-state index contributed by atoms with van der Waals surface area (Å²) < 4.78 is 0. The van der Waals surface area contributed by atoms with Crippen LogP contribution in [-0.2, 0) is 0 Å². The summed E-state index contributed by atoms with van der Waals surface area (Å²) in [5.41, 5.74) is 11.0. The molecule has 1 heterocycles. The van der Waals surface area contributed by atoms with Crippen molar-refractivity contribution >= 4 is 49.4 Å². The fourth-order valence-corrected chi connectivity index (χ4v) is 7.23. The second-order valence-electron chi connectivity index (χ2n) is 11.3. The van der Waals surface area contributed by atoms with Crippen molar-refractivity contribution in [2.24, 2.45) is 0 Å². The maximum Gasteiger partial charge on any atom is 0.0546 e. The average Bonchev–Trinajstić information content (AvgIpc) is 3.21. The maximum absolute atomic E-state index is 2.44. The van der Waals surface area contributed by atoms with Crippen LogP contribution in [-0.4, -0.2) is 0 Å². The first-order valence-electron chi connectivity index (χ1n) is 14.9. The molecule has 0 bridgehead atoms. The molecule has 0 aliphatic carbocycles. The number of benzene rings is 8. The largest absolute Gasteiger partial charge is 0.309 e. The summed E-state index contributed by atoms with van der Waals surface area (Å²) in [6, 6.07) is 59.8. The quantitative estimate of drug-likeness (QED) is 0.195. The highest BCUT2D eigenvalue weighted by Crippen LogP contribution is 2.54. The molecule has 0 aromatic heterocycles. The zero-order valence-corrected chi connectivity index (χ0v) is 23.5. The van der Waals surface area contributed by atoms with Gasteiger partial charge >= 0.3 is 0 Å². The lowest BCUT2D eigenvalue weighted by Crippen LogP contribution is -2.11. The number of fused-ring (bicyclic) bond motifs is 11. The molecule has 0 saturated carbocycles. The Bertz CT molecular complexity index is 2300. The first-order chi connectivity index (χ1) is 21.4. The van der Waals surface area contributed by atoms with Gasteiger partial charge in [0.25, 0.3) is 0 Å². The van der Waals surface area contributed by atoms with Crippen molar-refractivity contribution in [1.29, 1.82) is 0 Å². The van der Waals surface area contributed by atoms with Crippen LogP contribution in [0.3, 0.4) is 0 Å². The van der Waals surface area contributed by atoms with Crippen LogP contribution in [0.4, 0.5) is 17.1 Å². The molecule has 0 unspecified atom stereocenters. The zero-order valence-electron chi connectivity index (χ0n) is 23.5. The van der Waals surface area contributed by atoms with Crippen LogP contribution in [0, 0.1) is 0 Å². The average molecular weight is 546 g/mol. The topological polar surface area (TPSA) is 3.24 Å². The molecule has 0 spiro atoms. The molecule has 0 saturated heterocycles. The first-order valence-corrected chi connectivity index (χ1v) is 14.9. The van der Waals surface area contributed by atoms with Gasteiger partial charge in [-0.25, -0.2) is 0 Å². The second-order valence-corrected chi connectivity index (χ2v) is 11.3. The van der Waals surface area contributed by atoms with Gasteiger partial charge in [0.15, 0.2) is 0 Å². The van der Waals surface area contributed by atoms with Crippen LogP contribution in [0.25, 0.3) is 65.7 Å². The highest BCUT2D eigenvalue weighted by Gasteiger charge is 2.28. The van der Waals surface area contributed by atoms with E-state index in [-0.39, 0.29) is 0 Å². The first kappa shape index (κ1) is 24.0. The van der Waals surface area contributed by atoms with E-state index in [1.165, 1.54) is 77.1 Å². The van der Waals surface area contributed by atoms with Gasteiger partial charge < -0.3 is 4.90 Å². The van der Waals surface area contributed by atoms with Crippen LogP contribution in [0.2, 0.25) is 0 Å². The van der Waals surface area contributed by atoms with E-state index >= 15 is 0 Å². The van der Waals surface area contributed by atoms with Crippen LogP contribution in [0.1, 0.15) is 0 Å². The Balaban J connectivity index is 1.46. The SMILES string of the molecule is c1ccc(N2c3ccccc3-c3ccccc3-c3c(-c4cccc5c6ccccc6c6ccccc6c45)cccc32)cc1.